The predicted octanol–water partition coefficient (Wildman–Crippen LogP) is 1.67. The second-order valence-corrected chi connectivity index (χ2v) is 6.39. The van der Waals surface area contributed by atoms with Gasteiger partial charge in [0.05, 0.1) is 17.4 Å². The van der Waals surface area contributed by atoms with E-state index in [-0.39, 0.29) is 0 Å². The third-order valence-corrected chi connectivity index (χ3v) is 4.88. The van der Waals surface area contributed by atoms with E-state index >= 15 is 0 Å². The lowest BCUT2D eigenvalue weighted by Gasteiger charge is -2.36. The van der Waals surface area contributed by atoms with Gasteiger partial charge in [-0.15, -0.1) is 0 Å². The highest BCUT2D eigenvalue weighted by Crippen LogP contribution is 2.23. The molecular weight excluding hydrogens is 314 g/mol. The second kappa shape index (κ2) is 6.93. The number of piperazine rings is 1. The summed E-state index contributed by atoms with van der Waals surface area (Å²) in [6.45, 7) is 5.51. The summed E-state index contributed by atoms with van der Waals surface area (Å²) < 4.78 is 0. The van der Waals surface area contributed by atoms with Crippen LogP contribution in [0.3, 0.4) is 0 Å². The summed E-state index contributed by atoms with van der Waals surface area (Å²) in [5.41, 5.74) is 1.59. The molecule has 2 aromatic rings. The first-order valence-electron chi connectivity index (χ1n) is 8.77. The monoisotopic (exact) mass is 335 g/mol. The van der Waals surface area contributed by atoms with Crippen LogP contribution in [-0.4, -0.2) is 54.2 Å². The third kappa shape index (κ3) is 3.20. The molecule has 2 fully saturated rings. The number of pyridine rings is 1. The summed E-state index contributed by atoms with van der Waals surface area (Å²) >= 11 is 0. The maximum Gasteiger partial charge on any atom is 0.227 e. The molecule has 0 radical (unpaired) electrons. The van der Waals surface area contributed by atoms with E-state index < -0.39 is 0 Å². The maximum atomic E-state index is 9.27. The second-order valence-electron chi connectivity index (χ2n) is 6.39. The quantitative estimate of drug-likeness (QED) is 0.845. The van der Waals surface area contributed by atoms with Crippen molar-refractivity contribution in [3.8, 4) is 6.07 Å². The van der Waals surface area contributed by atoms with Crippen molar-refractivity contribution >= 4 is 17.5 Å². The molecule has 0 N–H and O–H groups in total. The Morgan fingerprint density at radius 2 is 1.64 bits per heavy atom. The summed E-state index contributed by atoms with van der Waals surface area (Å²) in [6.07, 6.45) is 7.78. The molecule has 25 heavy (non-hydrogen) atoms. The smallest absolute Gasteiger partial charge is 0.227 e. The fourth-order valence-corrected chi connectivity index (χ4v) is 3.49. The minimum atomic E-state index is 0.677. The molecule has 7 nitrogen and oxygen atoms in total. The van der Waals surface area contributed by atoms with Gasteiger partial charge in [0.25, 0.3) is 0 Å². The Kier molecular flexibility index (Phi) is 4.34. The molecule has 0 atom stereocenters. The number of anilines is 3. The first kappa shape index (κ1) is 15.6. The Morgan fingerprint density at radius 3 is 2.40 bits per heavy atom. The molecular formula is C18H21N7. The van der Waals surface area contributed by atoms with Crippen LogP contribution in [0.25, 0.3) is 0 Å². The maximum absolute atomic E-state index is 9.27. The SMILES string of the molecule is N#Cc1ccncc1N1CCN(c2nccc(N3CCCC3)n2)CC1. The lowest BCUT2D eigenvalue weighted by molar-refractivity contribution is 0.638. The van der Waals surface area contributed by atoms with Crippen molar-refractivity contribution in [2.45, 2.75) is 12.8 Å². The number of rotatable bonds is 3. The van der Waals surface area contributed by atoms with Crippen LogP contribution < -0.4 is 14.7 Å². The minimum absolute atomic E-state index is 0.677. The summed E-state index contributed by atoms with van der Waals surface area (Å²) in [5.74, 6) is 1.83. The highest BCUT2D eigenvalue weighted by atomic mass is 15.3. The van der Waals surface area contributed by atoms with Crippen LogP contribution in [-0.2, 0) is 0 Å². The van der Waals surface area contributed by atoms with E-state index in [9.17, 15) is 5.26 Å². The number of hydrogen-bond acceptors (Lipinski definition) is 7. The lowest BCUT2D eigenvalue weighted by atomic mass is 10.2. The first-order valence-corrected chi connectivity index (χ1v) is 8.77. The van der Waals surface area contributed by atoms with Crippen molar-refractivity contribution in [3.63, 3.8) is 0 Å². The molecule has 0 amide bonds. The van der Waals surface area contributed by atoms with E-state index in [0.29, 0.717) is 5.56 Å². The molecule has 0 spiro atoms. The van der Waals surface area contributed by atoms with Crippen LogP contribution in [0.1, 0.15) is 18.4 Å². The average molecular weight is 335 g/mol. The van der Waals surface area contributed by atoms with Crippen LogP contribution in [0.2, 0.25) is 0 Å². The molecule has 0 aromatic carbocycles. The summed E-state index contributed by atoms with van der Waals surface area (Å²) in [6, 6.07) is 6.02. The molecule has 7 heteroatoms. The number of nitriles is 1. The van der Waals surface area contributed by atoms with Crippen LogP contribution in [0.15, 0.2) is 30.7 Å². The molecule has 0 bridgehead atoms. The van der Waals surface area contributed by atoms with E-state index in [1.165, 1.54) is 12.8 Å². The average Bonchev–Trinajstić information content (AvgIpc) is 3.23. The van der Waals surface area contributed by atoms with Gasteiger partial charge in [-0.1, -0.05) is 0 Å². The fraction of sp³-hybridized carbons (Fsp3) is 0.444. The first-order chi connectivity index (χ1) is 12.3. The largest absolute Gasteiger partial charge is 0.366 e. The van der Waals surface area contributed by atoms with Crippen molar-refractivity contribution < 1.29 is 0 Å². The third-order valence-electron chi connectivity index (χ3n) is 4.88. The normalized spacial score (nSPS) is 17.6. The molecule has 2 aliphatic rings. The summed E-state index contributed by atoms with van der Waals surface area (Å²) in [7, 11) is 0. The highest BCUT2D eigenvalue weighted by Gasteiger charge is 2.22. The molecule has 0 unspecified atom stereocenters. The standard InChI is InChI=1S/C18H21N7/c19-13-15-3-5-20-14-16(15)23-9-11-25(12-10-23)18-21-6-4-17(22-18)24-7-1-2-8-24/h3-6,14H,1-2,7-12H2. The van der Waals surface area contributed by atoms with Gasteiger partial charge in [-0.25, -0.2) is 4.98 Å². The van der Waals surface area contributed by atoms with Gasteiger partial charge in [0.1, 0.15) is 11.9 Å². The molecule has 2 aliphatic heterocycles. The van der Waals surface area contributed by atoms with E-state index in [2.05, 4.69) is 30.7 Å². The predicted molar refractivity (Wildman–Crippen MR) is 96.9 cm³/mol. The molecule has 2 saturated heterocycles. The Bertz CT molecular complexity index is 771. The van der Waals surface area contributed by atoms with Crippen LogP contribution in [0, 0.1) is 11.3 Å². The minimum Gasteiger partial charge on any atom is -0.366 e. The lowest BCUT2D eigenvalue weighted by Crippen LogP contribution is -2.47. The number of nitrogens with zero attached hydrogens (tertiary/aromatic N) is 7. The van der Waals surface area contributed by atoms with Gasteiger partial charge in [-0.3, -0.25) is 4.98 Å². The van der Waals surface area contributed by atoms with Gasteiger partial charge < -0.3 is 14.7 Å². The van der Waals surface area contributed by atoms with Crippen molar-refractivity contribution in [1.82, 2.24) is 15.0 Å². The van der Waals surface area contributed by atoms with Crippen molar-refractivity contribution in [2.75, 3.05) is 54.0 Å². The molecule has 4 heterocycles. The van der Waals surface area contributed by atoms with E-state index in [1.807, 2.05) is 12.3 Å². The Hall–Kier alpha value is -2.88. The van der Waals surface area contributed by atoms with Crippen LogP contribution in [0.4, 0.5) is 17.5 Å². The van der Waals surface area contributed by atoms with E-state index in [1.54, 1.807) is 18.5 Å². The van der Waals surface area contributed by atoms with Crippen molar-refractivity contribution in [1.29, 1.82) is 5.26 Å². The molecule has 4 rings (SSSR count). The molecule has 0 aliphatic carbocycles. The van der Waals surface area contributed by atoms with E-state index in [4.69, 9.17) is 4.98 Å². The van der Waals surface area contributed by atoms with Gasteiger partial charge >= 0.3 is 0 Å². The Balaban J connectivity index is 1.45. The van der Waals surface area contributed by atoms with Gasteiger partial charge in [0.15, 0.2) is 0 Å². The fourth-order valence-electron chi connectivity index (χ4n) is 3.49. The van der Waals surface area contributed by atoms with Crippen molar-refractivity contribution in [2.24, 2.45) is 0 Å². The highest BCUT2D eigenvalue weighted by molar-refractivity contribution is 5.58. The van der Waals surface area contributed by atoms with Crippen molar-refractivity contribution in [3.05, 3.63) is 36.3 Å². The summed E-state index contributed by atoms with van der Waals surface area (Å²) in [5, 5.41) is 9.27. The zero-order valence-electron chi connectivity index (χ0n) is 14.2. The van der Waals surface area contributed by atoms with Crippen LogP contribution in [0.5, 0.6) is 0 Å². The van der Waals surface area contributed by atoms with E-state index in [0.717, 1.165) is 56.7 Å². The molecule has 128 valence electrons. The van der Waals surface area contributed by atoms with Gasteiger partial charge in [-0.05, 0) is 25.0 Å². The molecule has 0 saturated carbocycles. The molecule has 2 aromatic heterocycles. The zero-order chi connectivity index (χ0) is 17.1. The topological polar surface area (TPSA) is 72.2 Å². The number of hydrogen-bond donors (Lipinski definition) is 0. The summed E-state index contributed by atoms with van der Waals surface area (Å²) in [4.78, 5) is 20.2. The van der Waals surface area contributed by atoms with Gasteiger partial charge in [-0.2, -0.15) is 10.2 Å². The Labute approximate surface area is 147 Å². The Morgan fingerprint density at radius 1 is 0.880 bits per heavy atom. The number of aromatic nitrogens is 3. The van der Waals surface area contributed by atoms with Gasteiger partial charge in [0, 0.05) is 51.7 Å². The van der Waals surface area contributed by atoms with Gasteiger partial charge in [0.2, 0.25) is 5.95 Å². The van der Waals surface area contributed by atoms with Crippen LogP contribution >= 0.6 is 0 Å². The zero-order valence-corrected chi connectivity index (χ0v) is 14.2.